The summed E-state index contributed by atoms with van der Waals surface area (Å²) in [6.07, 6.45) is 2.26. The normalized spacial score (nSPS) is 12.9. The fourth-order valence-corrected chi connectivity index (χ4v) is 1.77. The van der Waals surface area contributed by atoms with Gasteiger partial charge in [0.15, 0.2) is 5.69 Å². The van der Waals surface area contributed by atoms with Crippen LogP contribution in [-0.4, -0.2) is 27.9 Å². The molecule has 6 heteroatoms. The Balaban J connectivity index is 1.80. The first-order valence-corrected chi connectivity index (χ1v) is 5.26. The standard InChI is InChI=1S/C11H10N4O2/c16-11(9-6-12-15-14-9)13-8-1-2-10-7(5-8)3-4-17-10/h1-2,5-6H,3-4H2,(H,13,16)(H,12,14,15). The molecule has 2 N–H and O–H groups in total. The van der Waals surface area contributed by atoms with Crippen molar-refractivity contribution in [2.24, 2.45) is 0 Å². The number of nitrogens with zero attached hydrogens (tertiary/aromatic N) is 2. The number of rotatable bonds is 2. The molecule has 0 radical (unpaired) electrons. The van der Waals surface area contributed by atoms with E-state index in [0.717, 1.165) is 23.4 Å². The lowest BCUT2D eigenvalue weighted by Gasteiger charge is -2.04. The van der Waals surface area contributed by atoms with Crippen molar-refractivity contribution in [1.29, 1.82) is 0 Å². The number of amides is 1. The Kier molecular flexibility index (Phi) is 2.25. The van der Waals surface area contributed by atoms with Crippen LogP contribution in [0.2, 0.25) is 0 Å². The average Bonchev–Trinajstić information content (AvgIpc) is 2.99. The third-order valence-electron chi connectivity index (χ3n) is 2.59. The highest BCUT2D eigenvalue weighted by Crippen LogP contribution is 2.27. The quantitative estimate of drug-likeness (QED) is 0.806. The third kappa shape index (κ3) is 1.84. The molecule has 2 aromatic rings. The summed E-state index contributed by atoms with van der Waals surface area (Å²) >= 11 is 0. The summed E-state index contributed by atoms with van der Waals surface area (Å²) in [6, 6.07) is 5.59. The molecule has 0 bridgehead atoms. The van der Waals surface area contributed by atoms with Gasteiger partial charge in [0.05, 0.1) is 12.8 Å². The van der Waals surface area contributed by atoms with Gasteiger partial charge in [0.25, 0.3) is 5.91 Å². The van der Waals surface area contributed by atoms with Crippen LogP contribution in [0.4, 0.5) is 5.69 Å². The number of carbonyl (C=O) groups is 1. The number of anilines is 1. The highest BCUT2D eigenvalue weighted by atomic mass is 16.5. The van der Waals surface area contributed by atoms with Crippen LogP contribution in [0, 0.1) is 0 Å². The van der Waals surface area contributed by atoms with Crippen molar-refractivity contribution in [1.82, 2.24) is 15.4 Å². The molecule has 0 fully saturated rings. The maximum Gasteiger partial charge on any atom is 0.277 e. The Hall–Kier alpha value is -2.37. The Morgan fingerprint density at radius 2 is 2.41 bits per heavy atom. The SMILES string of the molecule is O=C(Nc1ccc2c(c1)CCO2)c1cn[nH]n1. The Morgan fingerprint density at radius 3 is 3.24 bits per heavy atom. The lowest BCUT2D eigenvalue weighted by molar-refractivity contribution is 0.102. The number of aromatic amines is 1. The van der Waals surface area contributed by atoms with Crippen molar-refractivity contribution in [3.8, 4) is 5.75 Å². The van der Waals surface area contributed by atoms with Crippen LogP contribution in [0.5, 0.6) is 5.75 Å². The zero-order valence-electron chi connectivity index (χ0n) is 8.93. The number of carbonyl (C=O) groups excluding carboxylic acids is 1. The van der Waals surface area contributed by atoms with E-state index in [2.05, 4.69) is 20.7 Å². The van der Waals surface area contributed by atoms with E-state index in [0.29, 0.717) is 6.61 Å². The second-order valence-electron chi connectivity index (χ2n) is 3.73. The van der Waals surface area contributed by atoms with Crippen molar-refractivity contribution >= 4 is 11.6 Å². The smallest absolute Gasteiger partial charge is 0.277 e. The van der Waals surface area contributed by atoms with E-state index in [1.165, 1.54) is 6.20 Å². The molecule has 0 unspecified atom stereocenters. The van der Waals surface area contributed by atoms with Gasteiger partial charge in [-0.1, -0.05) is 0 Å². The highest BCUT2D eigenvalue weighted by molar-refractivity contribution is 6.02. The van der Waals surface area contributed by atoms with Crippen LogP contribution in [0.15, 0.2) is 24.4 Å². The Bertz CT molecular complexity index is 551. The summed E-state index contributed by atoms with van der Waals surface area (Å²) in [7, 11) is 0. The van der Waals surface area contributed by atoms with Crippen molar-refractivity contribution in [3.63, 3.8) is 0 Å². The zero-order chi connectivity index (χ0) is 11.7. The first kappa shape index (κ1) is 9.83. The third-order valence-corrected chi connectivity index (χ3v) is 2.59. The van der Waals surface area contributed by atoms with Gasteiger partial charge >= 0.3 is 0 Å². The molecule has 2 heterocycles. The Labute approximate surface area is 97.0 Å². The summed E-state index contributed by atoms with van der Waals surface area (Å²) in [5.74, 6) is 0.613. The van der Waals surface area contributed by atoms with Gasteiger partial charge in [-0.3, -0.25) is 4.79 Å². The van der Waals surface area contributed by atoms with E-state index in [1.807, 2.05) is 18.2 Å². The monoisotopic (exact) mass is 230 g/mol. The zero-order valence-corrected chi connectivity index (χ0v) is 8.93. The molecule has 1 aliphatic rings. The van der Waals surface area contributed by atoms with E-state index in [9.17, 15) is 4.79 Å². The van der Waals surface area contributed by atoms with Gasteiger partial charge in [0.1, 0.15) is 5.75 Å². The van der Waals surface area contributed by atoms with Gasteiger partial charge in [0, 0.05) is 12.1 Å². The van der Waals surface area contributed by atoms with Gasteiger partial charge in [-0.05, 0) is 23.8 Å². The molecular weight excluding hydrogens is 220 g/mol. The maximum absolute atomic E-state index is 11.7. The van der Waals surface area contributed by atoms with Crippen LogP contribution in [0.3, 0.4) is 0 Å². The molecule has 0 atom stereocenters. The molecule has 1 amide bonds. The number of nitrogens with one attached hydrogen (secondary N) is 2. The molecule has 0 saturated heterocycles. The number of ether oxygens (including phenoxy) is 1. The summed E-state index contributed by atoms with van der Waals surface area (Å²) < 4.78 is 5.39. The van der Waals surface area contributed by atoms with E-state index in [4.69, 9.17) is 4.74 Å². The lowest BCUT2D eigenvalue weighted by atomic mass is 10.1. The van der Waals surface area contributed by atoms with Crippen LogP contribution in [0.1, 0.15) is 16.1 Å². The number of hydrogen-bond donors (Lipinski definition) is 2. The lowest BCUT2D eigenvalue weighted by Crippen LogP contribution is -2.12. The first-order chi connectivity index (χ1) is 8.33. The van der Waals surface area contributed by atoms with Crippen LogP contribution in [-0.2, 0) is 6.42 Å². The van der Waals surface area contributed by atoms with E-state index >= 15 is 0 Å². The molecular formula is C11H10N4O2. The predicted octanol–water partition coefficient (Wildman–Crippen LogP) is 0.992. The number of benzene rings is 1. The average molecular weight is 230 g/mol. The Morgan fingerprint density at radius 1 is 1.47 bits per heavy atom. The van der Waals surface area contributed by atoms with E-state index in [1.54, 1.807) is 0 Å². The number of hydrogen-bond acceptors (Lipinski definition) is 4. The molecule has 3 rings (SSSR count). The molecule has 0 saturated carbocycles. The first-order valence-electron chi connectivity index (χ1n) is 5.26. The summed E-state index contributed by atoms with van der Waals surface area (Å²) in [5.41, 5.74) is 2.12. The van der Waals surface area contributed by atoms with Crippen molar-refractivity contribution in [2.45, 2.75) is 6.42 Å². The minimum atomic E-state index is -0.280. The van der Waals surface area contributed by atoms with Gasteiger partial charge < -0.3 is 10.1 Å². The fourth-order valence-electron chi connectivity index (χ4n) is 1.77. The second-order valence-corrected chi connectivity index (χ2v) is 3.73. The largest absolute Gasteiger partial charge is 0.493 e. The van der Waals surface area contributed by atoms with Crippen molar-refractivity contribution < 1.29 is 9.53 Å². The summed E-state index contributed by atoms with van der Waals surface area (Å²) in [5, 5.41) is 12.5. The highest BCUT2D eigenvalue weighted by Gasteiger charge is 2.14. The molecule has 6 nitrogen and oxygen atoms in total. The van der Waals surface area contributed by atoms with Crippen LogP contribution in [0.25, 0.3) is 0 Å². The summed E-state index contributed by atoms with van der Waals surface area (Å²) in [6.45, 7) is 0.704. The maximum atomic E-state index is 11.7. The van der Waals surface area contributed by atoms with E-state index < -0.39 is 0 Å². The van der Waals surface area contributed by atoms with Gasteiger partial charge in [-0.15, -0.1) is 0 Å². The van der Waals surface area contributed by atoms with Crippen LogP contribution < -0.4 is 10.1 Å². The molecule has 17 heavy (non-hydrogen) atoms. The fraction of sp³-hybridized carbons (Fsp3) is 0.182. The molecule has 1 aromatic carbocycles. The molecule has 1 aliphatic heterocycles. The van der Waals surface area contributed by atoms with E-state index in [-0.39, 0.29) is 11.6 Å². The van der Waals surface area contributed by atoms with Crippen LogP contribution >= 0.6 is 0 Å². The van der Waals surface area contributed by atoms with Gasteiger partial charge in [0.2, 0.25) is 0 Å². The van der Waals surface area contributed by atoms with Gasteiger partial charge in [-0.2, -0.15) is 15.4 Å². The molecule has 0 aliphatic carbocycles. The van der Waals surface area contributed by atoms with Crippen molar-refractivity contribution in [3.05, 3.63) is 35.7 Å². The number of fused-ring (bicyclic) bond motifs is 1. The molecule has 86 valence electrons. The molecule has 1 aromatic heterocycles. The second kappa shape index (κ2) is 3.89. The predicted molar refractivity (Wildman–Crippen MR) is 60.0 cm³/mol. The van der Waals surface area contributed by atoms with Gasteiger partial charge in [-0.25, -0.2) is 0 Å². The number of aromatic nitrogens is 3. The van der Waals surface area contributed by atoms with Crippen molar-refractivity contribution in [2.75, 3.05) is 11.9 Å². The summed E-state index contributed by atoms with van der Waals surface area (Å²) in [4.78, 5) is 11.7. The topological polar surface area (TPSA) is 79.9 Å². The minimum Gasteiger partial charge on any atom is -0.493 e. The number of H-pyrrole nitrogens is 1. The minimum absolute atomic E-state index is 0.266. The molecule has 0 spiro atoms.